The fourth-order valence-corrected chi connectivity index (χ4v) is 2.63. The van der Waals surface area contributed by atoms with Gasteiger partial charge in [-0.05, 0) is 43.5 Å². The minimum Gasteiger partial charge on any atom is -0.310 e. The van der Waals surface area contributed by atoms with Crippen LogP contribution in [0.3, 0.4) is 0 Å². The lowest BCUT2D eigenvalue weighted by Crippen LogP contribution is -2.13. The second kappa shape index (κ2) is 3.81. The molecule has 1 aromatic rings. The molecule has 0 bridgehead atoms. The predicted molar refractivity (Wildman–Crippen MR) is 58.9 cm³/mol. The monoisotopic (exact) mass is 239 g/mol. The van der Waals surface area contributed by atoms with Crippen LogP contribution in [0, 0.1) is 6.92 Å². The Kier molecular flexibility index (Phi) is 2.70. The fraction of sp³-hybridized carbons (Fsp3) is 0.455. The van der Waals surface area contributed by atoms with E-state index in [0.29, 0.717) is 6.04 Å². The average Bonchev–Trinajstić information content (AvgIpc) is 2.56. The van der Waals surface area contributed by atoms with Crippen LogP contribution < -0.4 is 5.32 Å². The van der Waals surface area contributed by atoms with Crippen LogP contribution in [0.2, 0.25) is 0 Å². The van der Waals surface area contributed by atoms with E-state index in [2.05, 4.69) is 46.4 Å². The molecular weight excluding hydrogens is 226 g/mol. The Bertz CT molecular complexity index is 303. The summed E-state index contributed by atoms with van der Waals surface area (Å²) in [5, 5.41) is 3.50. The van der Waals surface area contributed by atoms with E-state index < -0.39 is 0 Å². The first-order chi connectivity index (χ1) is 6.27. The van der Waals surface area contributed by atoms with Gasteiger partial charge >= 0.3 is 0 Å². The molecule has 1 aliphatic rings. The summed E-state index contributed by atoms with van der Waals surface area (Å²) in [6.07, 6.45) is 2.56. The van der Waals surface area contributed by atoms with E-state index in [1.54, 1.807) is 0 Å². The second-order valence-corrected chi connectivity index (χ2v) is 4.53. The van der Waals surface area contributed by atoms with Crippen molar-refractivity contribution in [1.82, 2.24) is 5.32 Å². The molecule has 1 aliphatic heterocycles. The van der Waals surface area contributed by atoms with Crippen molar-refractivity contribution in [3.05, 3.63) is 33.8 Å². The van der Waals surface area contributed by atoms with Crippen molar-refractivity contribution in [2.75, 3.05) is 6.54 Å². The van der Waals surface area contributed by atoms with E-state index in [0.717, 1.165) is 6.54 Å². The van der Waals surface area contributed by atoms with Crippen molar-refractivity contribution in [1.29, 1.82) is 0 Å². The second-order valence-electron chi connectivity index (χ2n) is 3.67. The number of benzene rings is 1. The highest BCUT2D eigenvalue weighted by atomic mass is 79.9. The van der Waals surface area contributed by atoms with E-state index in [1.807, 2.05) is 0 Å². The highest BCUT2D eigenvalue weighted by Crippen LogP contribution is 2.29. The number of aryl methyl sites for hydroxylation is 1. The Labute approximate surface area is 87.7 Å². The molecule has 0 aromatic heterocycles. The third-order valence-electron chi connectivity index (χ3n) is 2.59. The summed E-state index contributed by atoms with van der Waals surface area (Å²) in [6, 6.07) is 7.16. The molecule has 1 heterocycles. The Balaban J connectivity index is 2.29. The van der Waals surface area contributed by atoms with Gasteiger partial charge in [0.2, 0.25) is 0 Å². The molecule has 0 amide bonds. The van der Waals surface area contributed by atoms with Gasteiger partial charge < -0.3 is 5.32 Å². The Hall–Kier alpha value is -0.340. The minimum atomic E-state index is 0.565. The van der Waals surface area contributed by atoms with Crippen LogP contribution in [0.15, 0.2) is 22.7 Å². The molecule has 1 nitrogen and oxygen atoms in total. The van der Waals surface area contributed by atoms with E-state index in [1.165, 1.54) is 28.4 Å². The van der Waals surface area contributed by atoms with Gasteiger partial charge in [0.25, 0.3) is 0 Å². The van der Waals surface area contributed by atoms with Gasteiger partial charge in [-0.1, -0.05) is 28.1 Å². The molecule has 0 unspecified atom stereocenters. The molecule has 13 heavy (non-hydrogen) atoms. The zero-order chi connectivity index (χ0) is 9.26. The van der Waals surface area contributed by atoms with Crippen LogP contribution in [0.1, 0.15) is 30.0 Å². The van der Waals surface area contributed by atoms with E-state index in [9.17, 15) is 0 Å². The van der Waals surface area contributed by atoms with Gasteiger partial charge in [-0.15, -0.1) is 0 Å². The Morgan fingerprint density at radius 2 is 2.31 bits per heavy atom. The van der Waals surface area contributed by atoms with Crippen molar-refractivity contribution in [3.8, 4) is 0 Å². The van der Waals surface area contributed by atoms with Crippen molar-refractivity contribution < 1.29 is 0 Å². The normalized spacial score (nSPS) is 22.2. The van der Waals surface area contributed by atoms with Crippen molar-refractivity contribution in [3.63, 3.8) is 0 Å². The molecule has 1 N–H and O–H groups in total. The number of hydrogen-bond donors (Lipinski definition) is 1. The van der Waals surface area contributed by atoms with E-state index in [4.69, 9.17) is 0 Å². The maximum Gasteiger partial charge on any atom is 0.0331 e. The summed E-state index contributed by atoms with van der Waals surface area (Å²) in [6.45, 7) is 3.28. The summed E-state index contributed by atoms with van der Waals surface area (Å²) < 4.78 is 1.24. The first-order valence-corrected chi connectivity index (χ1v) is 5.56. The van der Waals surface area contributed by atoms with Gasteiger partial charge in [0.1, 0.15) is 0 Å². The number of rotatable bonds is 1. The molecule has 0 radical (unpaired) electrons. The third-order valence-corrected chi connectivity index (χ3v) is 3.28. The van der Waals surface area contributed by atoms with Gasteiger partial charge in [0.15, 0.2) is 0 Å². The molecule has 1 atom stereocenters. The first kappa shape index (κ1) is 9.22. The van der Waals surface area contributed by atoms with Crippen LogP contribution in [0.5, 0.6) is 0 Å². The molecular formula is C11H14BrN. The Morgan fingerprint density at radius 3 is 2.92 bits per heavy atom. The fourth-order valence-electron chi connectivity index (χ4n) is 1.86. The zero-order valence-corrected chi connectivity index (χ0v) is 9.39. The lowest BCUT2D eigenvalue weighted by Gasteiger charge is -2.12. The van der Waals surface area contributed by atoms with Crippen molar-refractivity contribution in [2.45, 2.75) is 25.8 Å². The molecule has 0 aliphatic carbocycles. The third kappa shape index (κ3) is 1.94. The molecule has 1 aromatic carbocycles. The van der Waals surface area contributed by atoms with Crippen molar-refractivity contribution >= 4 is 15.9 Å². The summed E-state index contributed by atoms with van der Waals surface area (Å²) >= 11 is 3.62. The smallest absolute Gasteiger partial charge is 0.0331 e. The first-order valence-electron chi connectivity index (χ1n) is 4.77. The molecule has 0 saturated carbocycles. The molecule has 1 saturated heterocycles. The highest BCUT2D eigenvalue weighted by Gasteiger charge is 2.17. The molecule has 2 heteroatoms. The summed E-state index contributed by atoms with van der Waals surface area (Å²) in [5.41, 5.74) is 2.72. The highest BCUT2D eigenvalue weighted by molar-refractivity contribution is 9.10. The average molecular weight is 240 g/mol. The van der Waals surface area contributed by atoms with Gasteiger partial charge in [0, 0.05) is 10.5 Å². The summed E-state index contributed by atoms with van der Waals surface area (Å²) in [7, 11) is 0. The molecule has 0 spiro atoms. The molecule has 1 fully saturated rings. The number of hydrogen-bond acceptors (Lipinski definition) is 1. The molecule has 70 valence electrons. The summed E-state index contributed by atoms with van der Waals surface area (Å²) in [5.74, 6) is 0. The quantitative estimate of drug-likeness (QED) is 0.794. The predicted octanol–water partition coefficient (Wildman–Crippen LogP) is 3.18. The topological polar surface area (TPSA) is 12.0 Å². The van der Waals surface area contributed by atoms with Gasteiger partial charge in [-0.2, -0.15) is 0 Å². The lowest BCUT2D eigenvalue weighted by atomic mass is 10.0. The lowest BCUT2D eigenvalue weighted by molar-refractivity contribution is 0.645. The maximum absolute atomic E-state index is 3.62. The van der Waals surface area contributed by atoms with Gasteiger partial charge in [-0.25, -0.2) is 0 Å². The van der Waals surface area contributed by atoms with Crippen LogP contribution >= 0.6 is 15.9 Å². The summed E-state index contributed by atoms with van der Waals surface area (Å²) in [4.78, 5) is 0. The van der Waals surface area contributed by atoms with Crippen LogP contribution in [-0.2, 0) is 0 Å². The van der Waals surface area contributed by atoms with E-state index in [-0.39, 0.29) is 0 Å². The minimum absolute atomic E-state index is 0.565. The Morgan fingerprint density at radius 1 is 1.46 bits per heavy atom. The molecule has 2 rings (SSSR count). The van der Waals surface area contributed by atoms with Crippen LogP contribution in [-0.4, -0.2) is 6.54 Å². The largest absolute Gasteiger partial charge is 0.310 e. The standard InChI is InChI=1S/C11H14BrN/c1-8-4-5-9(10(12)7-8)11-3-2-6-13-11/h4-5,7,11,13H,2-3,6H2,1H3/t11-/m1/s1. The van der Waals surface area contributed by atoms with Crippen LogP contribution in [0.4, 0.5) is 0 Å². The number of nitrogens with one attached hydrogen (secondary N) is 1. The zero-order valence-electron chi connectivity index (χ0n) is 7.81. The van der Waals surface area contributed by atoms with Gasteiger partial charge in [-0.3, -0.25) is 0 Å². The van der Waals surface area contributed by atoms with Crippen molar-refractivity contribution in [2.24, 2.45) is 0 Å². The SMILES string of the molecule is Cc1ccc([C@H]2CCCN2)c(Br)c1. The van der Waals surface area contributed by atoms with Crippen LogP contribution in [0.25, 0.3) is 0 Å². The number of halogens is 1. The van der Waals surface area contributed by atoms with Gasteiger partial charge in [0.05, 0.1) is 0 Å². The maximum atomic E-state index is 3.62. The van der Waals surface area contributed by atoms with E-state index >= 15 is 0 Å².